The summed E-state index contributed by atoms with van der Waals surface area (Å²) in [5.74, 6) is 0. The van der Waals surface area contributed by atoms with Gasteiger partial charge in [-0.05, 0) is 26.3 Å². The molecule has 0 saturated carbocycles. The standard InChI is InChI=1S/C11H17NO4S2/c1-8-10(5-9(6-13)17-8)18(14,15)12-11(2)3-4-16-7-11/h5,12-13H,3-4,6-7H2,1-2H3. The van der Waals surface area contributed by atoms with Gasteiger partial charge >= 0.3 is 0 Å². The smallest absolute Gasteiger partial charge is 0.242 e. The molecule has 102 valence electrons. The Morgan fingerprint density at radius 3 is 2.83 bits per heavy atom. The molecule has 7 heteroatoms. The highest BCUT2D eigenvalue weighted by Gasteiger charge is 2.35. The second kappa shape index (κ2) is 4.90. The van der Waals surface area contributed by atoms with Crippen LogP contribution in [-0.2, 0) is 21.4 Å². The fraction of sp³-hybridized carbons (Fsp3) is 0.636. The van der Waals surface area contributed by atoms with E-state index in [0.29, 0.717) is 29.4 Å². The van der Waals surface area contributed by atoms with Crippen LogP contribution in [0, 0.1) is 6.92 Å². The van der Waals surface area contributed by atoms with Crippen molar-refractivity contribution in [3.63, 3.8) is 0 Å². The minimum absolute atomic E-state index is 0.137. The quantitative estimate of drug-likeness (QED) is 0.868. The van der Waals surface area contributed by atoms with Gasteiger partial charge in [0.1, 0.15) is 0 Å². The zero-order chi connectivity index (χ0) is 13.4. The molecule has 1 saturated heterocycles. The Labute approximate surface area is 111 Å². The number of sulfonamides is 1. The van der Waals surface area contributed by atoms with Gasteiger partial charge < -0.3 is 9.84 Å². The number of hydrogen-bond acceptors (Lipinski definition) is 5. The Morgan fingerprint density at radius 2 is 2.33 bits per heavy atom. The van der Waals surface area contributed by atoms with Crippen LogP contribution in [0.15, 0.2) is 11.0 Å². The Bertz CT molecular complexity index is 529. The summed E-state index contributed by atoms with van der Waals surface area (Å²) in [6.45, 7) is 4.41. The molecule has 1 aromatic heterocycles. The van der Waals surface area contributed by atoms with Crippen molar-refractivity contribution >= 4 is 21.4 Å². The second-order valence-electron chi connectivity index (χ2n) is 4.76. The van der Waals surface area contributed by atoms with E-state index in [9.17, 15) is 8.42 Å². The first-order valence-corrected chi connectivity index (χ1v) is 7.98. The van der Waals surface area contributed by atoms with Crippen molar-refractivity contribution in [3.05, 3.63) is 15.8 Å². The van der Waals surface area contributed by atoms with Crippen LogP contribution in [0.25, 0.3) is 0 Å². The number of rotatable bonds is 4. The van der Waals surface area contributed by atoms with E-state index in [1.165, 1.54) is 17.4 Å². The summed E-state index contributed by atoms with van der Waals surface area (Å²) in [5, 5.41) is 9.05. The van der Waals surface area contributed by atoms with Crippen molar-refractivity contribution in [1.29, 1.82) is 0 Å². The predicted molar refractivity (Wildman–Crippen MR) is 69.1 cm³/mol. The molecule has 1 fully saturated rings. The highest BCUT2D eigenvalue weighted by Crippen LogP contribution is 2.28. The van der Waals surface area contributed by atoms with E-state index in [-0.39, 0.29) is 11.5 Å². The van der Waals surface area contributed by atoms with Gasteiger partial charge in [-0.2, -0.15) is 0 Å². The van der Waals surface area contributed by atoms with E-state index in [2.05, 4.69) is 4.72 Å². The van der Waals surface area contributed by atoms with Gasteiger partial charge in [-0.1, -0.05) is 0 Å². The van der Waals surface area contributed by atoms with Crippen LogP contribution < -0.4 is 4.72 Å². The molecule has 0 bridgehead atoms. The topological polar surface area (TPSA) is 75.6 Å². The van der Waals surface area contributed by atoms with Crippen LogP contribution in [0.4, 0.5) is 0 Å². The van der Waals surface area contributed by atoms with Gasteiger partial charge in [-0.15, -0.1) is 11.3 Å². The lowest BCUT2D eigenvalue weighted by Gasteiger charge is -2.23. The fourth-order valence-electron chi connectivity index (χ4n) is 2.00. The first-order valence-electron chi connectivity index (χ1n) is 5.68. The van der Waals surface area contributed by atoms with E-state index in [1.807, 2.05) is 6.92 Å². The van der Waals surface area contributed by atoms with Gasteiger partial charge in [0.25, 0.3) is 0 Å². The van der Waals surface area contributed by atoms with Gasteiger partial charge in [0.15, 0.2) is 0 Å². The highest BCUT2D eigenvalue weighted by atomic mass is 32.2. The number of thiophene rings is 1. The average Bonchev–Trinajstić information content (AvgIpc) is 2.84. The number of aryl methyl sites for hydroxylation is 1. The van der Waals surface area contributed by atoms with Gasteiger partial charge in [0, 0.05) is 16.4 Å². The van der Waals surface area contributed by atoms with Gasteiger partial charge in [0.2, 0.25) is 10.0 Å². The monoisotopic (exact) mass is 291 g/mol. The van der Waals surface area contributed by atoms with Crippen LogP contribution >= 0.6 is 11.3 Å². The first kappa shape index (κ1) is 14.0. The van der Waals surface area contributed by atoms with Crippen LogP contribution in [0.5, 0.6) is 0 Å². The normalized spacial score (nSPS) is 24.6. The minimum atomic E-state index is -3.55. The molecule has 1 aromatic rings. The summed E-state index contributed by atoms with van der Waals surface area (Å²) in [4.78, 5) is 1.60. The molecule has 0 radical (unpaired) electrons. The maximum Gasteiger partial charge on any atom is 0.242 e. The summed E-state index contributed by atoms with van der Waals surface area (Å²) in [6.07, 6.45) is 0.669. The Balaban J connectivity index is 2.27. The SMILES string of the molecule is Cc1sc(CO)cc1S(=O)(=O)NC1(C)CCOC1. The van der Waals surface area contributed by atoms with E-state index in [1.54, 1.807) is 6.92 Å². The summed E-state index contributed by atoms with van der Waals surface area (Å²) < 4.78 is 32.5. The molecule has 2 rings (SSSR count). The third kappa shape index (κ3) is 2.75. The van der Waals surface area contributed by atoms with E-state index in [4.69, 9.17) is 9.84 Å². The molecule has 0 aromatic carbocycles. The van der Waals surface area contributed by atoms with Crippen LogP contribution in [0.3, 0.4) is 0 Å². The molecule has 0 amide bonds. The molecule has 1 aliphatic rings. The number of hydrogen-bond donors (Lipinski definition) is 2. The third-order valence-corrected chi connectivity index (χ3v) is 5.90. The zero-order valence-corrected chi connectivity index (χ0v) is 12.0. The van der Waals surface area contributed by atoms with Crippen molar-refractivity contribution in [2.75, 3.05) is 13.2 Å². The molecule has 1 aliphatic heterocycles. The maximum atomic E-state index is 12.3. The molecule has 1 atom stereocenters. The van der Waals surface area contributed by atoms with Gasteiger partial charge in [-0.3, -0.25) is 0 Å². The van der Waals surface area contributed by atoms with Crippen LogP contribution in [0.2, 0.25) is 0 Å². The van der Waals surface area contributed by atoms with Crippen molar-refractivity contribution in [2.45, 2.75) is 37.3 Å². The Morgan fingerprint density at radius 1 is 1.61 bits per heavy atom. The fourth-order valence-corrected chi connectivity index (χ4v) is 4.91. The summed E-state index contributed by atoms with van der Waals surface area (Å²) >= 11 is 1.30. The summed E-state index contributed by atoms with van der Waals surface area (Å²) in [7, 11) is -3.55. The second-order valence-corrected chi connectivity index (χ2v) is 7.75. The molecule has 18 heavy (non-hydrogen) atoms. The summed E-state index contributed by atoms with van der Waals surface area (Å²) in [5.41, 5.74) is -0.535. The van der Waals surface area contributed by atoms with Gasteiger partial charge in [-0.25, -0.2) is 13.1 Å². The number of nitrogens with one attached hydrogen (secondary N) is 1. The lowest BCUT2D eigenvalue weighted by molar-refractivity contribution is 0.178. The van der Waals surface area contributed by atoms with Crippen LogP contribution in [0.1, 0.15) is 23.1 Å². The van der Waals surface area contributed by atoms with Crippen molar-refractivity contribution < 1.29 is 18.3 Å². The van der Waals surface area contributed by atoms with Crippen LogP contribution in [-0.4, -0.2) is 32.3 Å². The molecule has 2 heterocycles. The van der Waals surface area contributed by atoms with Gasteiger partial charge in [0.05, 0.1) is 23.6 Å². The maximum absolute atomic E-state index is 12.3. The first-order chi connectivity index (χ1) is 8.36. The lowest BCUT2D eigenvalue weighted by Crippen LogP contribution is -2.46. The molecule has 0 aliphatic carbocycles. The molecule has 5 nitrogen and oxygen atoms in total. The highest BCUT2D eigenvalue weighted by molar-refractivity contribution is 7.89. The number of ether oxygens (including phenoxy) is 1. The van der Waals surface area contributed by atoms with E-state index < -0.39 is 15.6 Å². The van der Waals surface area contributed by atoms with Crippen molar-refractivity contribution in [2.24, 2.45) is 0 Å². The van der Waals surface area contributed by atoms with Crippen molar-refractivity contribution in [1.82, 2.24) is 4.72 Å². The molecule has 2 N–H and O–H groups in total. The third-order valence-electron chi connectivity index (χ3n) is 2.97. The Hall–Kier alpha value is -0.470. The lowest BCUT2D eigenvalue weighted by atomic mass is 10.0. The van der Waals surface area contributed by atoms with E-state index >= 15 is 0 Å². The molecule has 1 unspecified atom stereocenters. The zero-order valence-electron chi connectivity index (χ0n) is 10.4. The molecular formula is C11H17NO4S2. The summed E-state index contributed by atoms with van der Waals surface area (Å²) in [6, 6.07) is 1.53. The number of aliphatic hydroxyl groups is 1. The predicted octanol–water partition coefficient (Wildman–Crippen LogP) is 1.01. The molecule has 0 spiro atoms. The van der Waals surface area contributed by atoms with Crippen molar-refractivity contribution in [3.8, 4) is 0 Å². The Kier molecular flexibility index (Phi) is 3.80. The largest absolute Gasteiger partial charge is 0.391 e. The average molecular weight is 291 g/mol. The van der Waals surface area contributed by atoms with E-state index in [0.717, 1.165) is 0 Å². The molecular weight excluding hydrogens is 274 g/mol. The number of aliphatic hydroxyl groups excluding tert-OH is 1. The minimum Gasteiger partial charge on any atom is -0.391 e.